The lowest BCUT2D eigenvalue weighted by atomic mass is 10.1. The fraction of sp³-hybridized carbons (Fsp3) is 0.167. The summed E-state index contributed by atoms with van der Waals surface area (Å²) in [6.45, 7) is 0.963. The van der Waals surface area contributed by atoms with E-state index in [0.29, 0.717) is 18.9 Å². The molecule has 0 saturated heterocycles. The number of ether oxygens (including phenoxy) is 2. The topological polar surface area (TPSA) is 57.4 Å². The van der Waals surface area contributed by atoms with Crippen LogP contribution < -0.4 is 15.2 Å². The largest absolute Gasteiger partial charge is 0.493 e. The van der Waals surface area contributed by atoms with Crippen LogP contribution in [-0.4, -0.2) is 12.1 Å². The van der Waals surface area contributed by atoms with E-state index in [1.54, 1.807) is 18.4 Å². The third-order valence-electron chi connectivity index (χ3n) is 3.42. The number of hydrogen-bond donors (Lipinski definition) is 1. The van der Waals surface area contributed by atoms with Gasteiger partial charge in [-0.1, -0.05) is 30.3 Å². The molecule has 23 heavy (non-hydrogen) atoms. The number of thiazole rings is 1. The summed E-state index contributed by atoms with van der Waals surface area (Å²) in [7, 11) is 1.64. The number of methoxy groups -OCH3 is 1. The van der Waals surface area contributed by atoms with Crippen LogP contribution in [0.1, 0.15) is 10.6 Å². The van der Waals surface area contributed by atoms with E-state index in [-0.39, 0.29) is 0 Å². The zero-order chi connectivity index (χ0) is 16.1. The van der Waals surface area contributed by atoms with Crippen molar-refractivity contribution < 1.29 is 9.47 Å². The molecule has 2 aromatic carbocycles. The lowest BCUT2D eigenvalue weighted by Gasteiger charge is -2.11. The number of hydrogen-bond acceptors (Lipinski definition) is 5. The van der Waals surface area contributed by atoms with Gasteiger partial charge >= 0.3 is 0 Å². The predicted molar refractivity (Wildman–Crippen MR) is 92.8 cm³/mol. The molecule has 0 fully saturated rings. The first-order chi connectivity index (χ1) is 11.3. The van der Waals surface area contributed by atoms with Gasteiger partial charge in [0.15, 0.2) is 11.5 Å². The molecule has 0 spiro atoms. The van der Waals surface area contributed by atoms with Crippen LogP contribution in [-0.2, 0) is 13.2 Å². The minimum Gasteiger partial charge on any atom is -0.493 e. The van der Waals surface area contributed by atoms with E-state index in [1.165, 1.54) is 0 Å². The van der Waals surface area contributed by atoms with E-state index in [9.17, 15) is 0 Å². The summed E-state index contributed by atoms with van der Waals surface area (Å²) in [5.41, 5.74) is 8.63. The smallest absolute Gasteiger partial charge is 0.161 e. The van der Waals surface area contributed by atoms with Crippen LogP contribution in [0.2, 0.25) is 0 Å². The average molecular weight is 326 g/mol. The monoisotopic (exact) mass is 326 g/mol. The molecule has 0 radical (unpaired) electrons. The van der Waals surface area contributed by atoms with Gasteiger partial charge in [0.25, 0.3) is 0 Å². The maximum atomic E-state index is 5.87. The van der Waals surface area contributed by atoms with Gasteiger partial charge in [-0.05, 0) is 23.8 Å². The lowest BCUT2D eigenvalue weighted by Crippen LogP contribution is -1.98. The molecule has 3 rings (SSSR count). The van der Waals surface area contributed by atoms with Gasteiger partial charge in [0.05, 0.1) is 12.8 Å². The predicted octanol–water partition coefficient (Wildman–Crippen LogP) is 3.86. The van der Waals surface area contributed by atoms with Crippen molar-refractivity contribution in [1.29, 1.82) is 0 Å². The van der Waals surface area contributed by atoms with Crippen molar-refractivity contribution in [2.75, 3.05) is 7.11 Å². The van der Waals surface area contributed by atoms with Crippen LogP contribution in [0, 0.1) is 0 Å². The van der Waals surface area contributed by atoms with Gasteiger partial charge in [-0.15, -0.1) is 11.3 Å². The van der Waals surface area contributed by atoms with Crippen molar-refractivity contribution in [2.24, 2.45) is 5.73 Å². The summed E-state index contributed by atoms with van der Waals surface area (Å²) in [6, 6.07) is 15.9. The summed E-state index contributed by atoms with van der Waals surface area (Å²) in [5.74, 6) is 1.41. The van der Waals surface area contributed by atoms with E-state index >= 15 is 0 Å². The average Bonchev–Trinajstić information content (AvgIpc) is 3.10. The quantitative estimate of drug-likeness (QED) is 0.747. The molecular weight excluding hydrogens is 308 g/mol. The first-order valence-corrected chi connectivity index (χ1v) is 8.17. The zero-order valence-electron chi connectivity index (χ0n) is 12.9. The highest BCUT2D eigenvalue weighted by atomic mass is 32.1. The van der Waals surface area contributed by atoms with Gasteiger partial charge in [-0.25, -0.2) is 4.98 Å². The normalized spacial score (nSPS) is 10.5. The SMILES string of the molecule is COc1cc(-c2csc(CN)n2)ccc1OCc1ccccc1. The van der Waals surface area contributed by atoms with Crippen molar-refractivity contribution in [1.82, 2.24) is 4.98 Å². The minimum atomic E-state index is 0.458. The fourth-order valence-corrected chi connectivity index (χ4v) is 2.90. The van der Waals surface area contributed by atoms with Crippen LogP contribution >= 0.6 is 11.3 Å². The van der Waals surface area contributed by atoms with Crippen LogP contribution in [0.15, 0.2) is 53.9 Å². The summed E-state index contributed by atoms with van der Waals surface area (Å²) < 4.78 is 11.3. The van der Waals surface area contributed by atoms with Gasteiger partial charge < -0.3 is 15.2 Å². The first-order valence-electron chi connectivity index (χ1n) is 7.29. The maximum absolute atomic E-state index is 5.87. The van der Waals surface area contributed by atoms with Crippen molar-refractivity contribution in [3.8, 4) is 22.8 Å². The Morgan fingerprint density at radius 3 is 2.61 bits per heavy atom. The number of nitrogens with two attached hydrogens (primary N) is 1. The molecule has 0 bridgehead atoms. The number of nitrogens with zero attached hydrogens (tertiary/aromatic N) is 1. The van der Waals surface area contributed by atoms with Gasteiger partial charge in [-0.2, -0.15) is 0 Å². The Kier molecular flexibility index (Phi) is 4.90. The molecule has 0 unspecified atom stereocenters. The molecular formula is C18H18N2O2S. The standard InChI is InChI=1S/C18H18N2O2S/c1-21-17-9-14(15-12-23-18(10-19)20-15)7-8-16(17)22-11-13-5-3-2-4-6-13/h2-9,12H,10-11,19H2,1H3. The molecule has 2 N–H and O–H groups in total. The van der Waals surface area contributed by atoms with E-state index in [0.717, 1.165) is 27.6 Å². The molecule has 5 heteroatoms. The lowest BCUT2D eigenvalue weighted by molar-refractivity contribution is 0.284. The Hall–Kier alpha value is -2.37. The number of rotatable bonds is 6. The minimum absolute atomic E-state index is 0.458. The molecule has 0 aliphatic heterocycles. The Morgan fingerprint density at radius 2 is 1.91 bits per heavy atom. The fourth-order valence-electron chi connectivity index (χ4n) is 2.22. The van der Waals surface area contributed by atoms with E-state index in [4.69, 9.17) is 15.2 Å². The van der Waals surface area contributed by atoms with Gasteiger partial charge in [0.2, 0.25) is 0 Å². The Morgan fingerprint density at radius 1 is 1.09 bits per heavy atom. The molecule has 1 heterocycles. The summed E-state index contributed by atoms with van der Waals surface area (Å²) in [6.07, 6.45) is 0. The Labute approximate surface area is 139 Å². The van der Waals surface area contributed by atoms with Crippen LogP contribution in [0.5, 0.6) is 11.5 Å². The molecule has 0 aliphatic carbocycles. The van der Waals surface area contributed by atoms with E-state index < -0.39 is 0 Å². The van der Waals surface area contributed by atoms with Gasteiger partial charge in [0.1, 0.15) is 11.6 Å². The summed E-state index contributed by atoms with van der Waals surface area (Å²) >= 11 is 1.56. The second-order valence-electron chi connectivity index (χ2n) is 4.97. The van der Waals surface area contributed by atoms with Crippen LogP contribution in [0.4, 0.5) is 0 Å². The van der Waals surface area contributed by atoms with Crippen molar-refractivity contribution >= 4 is 11.3 Å². The Balaban J connectivity index is 1.79. The molecule has 118 valence electrons. The highest BCUT2D eigenvalue weighted by Crippen LogP contribution is 2.33. The van der Waals surface area contributed by atoms with Crippen LogP contribution in [0.3, 0.4) is 0 Å². The molecule has 4 nitrogen and oxygen atoms in total. The Bertz CT molecular complexity index is 772. The summed E-state index contributed by atoms with van der Waals surface area (Å²) in [4.78, 5) is 4.49. The van der Waals surface area contributed by atoms with Crippen molar-refractivity contribution in [3.05, 3.63) is 64.5 Å². The van der Waals surface area contributed by atoms with Crippen LogP contribution in [0.25, 0.3) is 11.3 Å². The molecule has 0 atom stereocenters. The molecule has 0 aliphatic rings. The third-order valence-corrected chi connectivity index (χ3v) is 4.29. The highest BCUT2D eigenvalue weighted by Gasteiger charge is 2.10. The van der Waals surface area contributed by atoms with Gasteiger partial charge in [-0.3, -0.25) is 0 Å². The number of aromatic nitrogens is 1. The third kappa shape index (κ3) is 3.70. The second kappa shape index (κ2) is 7.26. The highest BCUT2D eigenvalue weighted by molar-refractivity contribution is 7.09. The molecule has 0 amide bonds. The zero-order valence-corrected chi connectivity index (χ0v) is 13.7. The molecule has 3 aromatic rings. The van der Waals surface area contributed by atoms with E-state index in [1.807, 2.05) is 53.9 Å². The van der Waals surface area contributed by atoms with Crippen molar-refractivity contribution in [2.45, 2.75) is 13.2 Å². The summed E-state index contributed by atoms with van der Waals surface area (Å²) in [5, 5.41) is 2.92. The van der Waals surface area contributed by atoms with Crippen molar-refractivity contribution in [3.63, 3.8) is 0 Å². The molecule has 0 saturated carbocycles. The number of benzene rings is 2. The van der Waals surface area contributed by atoms with Gasteiger partial charge in [0, 0.05) is 17.5 Å². The first kappa shape index (κ1) is 15.5. The molecule has 1 aromatic heterocycles. The maximum Gasteiger partial charge on any atom is 0.161 e. The van der Waals surface area contributed by atoms with E-state index in [2.05, 4.69) is 4.98 Å². The second-order valence-corrected chi connectivity index (χ2v) is 5.91.